The minimum absolute atomic E-state index is 0.128. The molecule has 0 saturated carbocycles. The maximum absolute atomic E-state index is 13.2. The van der Waals surface area contributed by atoms with Gasteiger partial charge >= 0.3 is 0 Å². The van der Waals surface area contributed by atoms with Gasteiger partial charge in [0, 0.05) is 38.6 Å². The highest BCUT2D eigenvalue weighted by atomic mass is 19.1. The third-order valence-electron chi connectivity index (χ3n) is 3.95. The molecule has 1 aromatic carbocycles. The lowest BCUT2D eigenvalue weighted by atomic mass is 9.99. The van der Waals surface area contributed by atoms with E-state index in [1.54, 1.807) is 6.07 Å². The molecule has 1 heterocycles. The molecule has 1 fully saturated rings. The van der Waals surface area contributed by atoms with Crippen LogP contribution in [0.1, 0.15) is 12.5 Å². The van der Waals surface area contributed by atoms with E-state index in [1.807, 2.05) is 17.9 Å². The van der Waals surface area contributed by atoms with Crippen LogP contribution in [0.15, 0.2) is 24.3 Å². The van der Waals surface area contributed by atoms with Crippen LogP contribution in [0.2, 0.25) is 0 Å². The quantitative estimate of drug-likeness (QED) is 0.886. The van der Waals surface area contributed by atoms with Crippen molar-refractivity contribution in [2.75, 3.05) is 39.3 Å². The van der Waals surface area contributed by atoms with Crippen molar-refractivity contribution in [3.8, 4) is 0 Å². The van der Waals surface area contributed by atoms with Crippen LogP contribution in [0.5, 0.6) is 0 Å². The van der Waals surface area contributed by atoms with E-state index in [1.165, 1.54) is 12.1 Å². The molecule has 1 aliphatic heterocycles. The summed E-state index contributed by atoms with van der Waals surface area (Å²) in [6, 6.07) is 6.43. The largest absolute Gasteiger partial charge is 0.395 e. The Morgan fingerprint density at radius 2 is 2.05 bits per heavy atom. The summed E-state index contributed by atoms with van der Waals surface area (Å²) in [4.78, 5) is 16.4. The lowest BCUT2D eigenvalue weighted by Crippen LogP contribution is -2.50. The van der Waals surface area contributed by atoms with Crippen molar-refractivity contribution in [3.63, 3.8) is 0 Å². The summed E-state index contributed by atoms with van der Waals surface area (Å²) in [5, 5.41) is 8.92. The van der Waals surface area contributed by atoms with Crippen molar-refractivity contribution in [2.24, 2.45) is 5.92 Å². The first-order valence-corrected chi connectivity index (χ1v) is 7.46. The number of rotatable bonds is 5. The molecular weight excluding hydrogens is 271 g/mol. The molecule has 4 nitrogen and oxygen atoms in total. The number of β-amino-alcohol motifs (C(OH)–C–C–N with tert-alkyl or cyclic N) is 1. The van der Waals surface area contributed by atoms with Crippen molar-refractivity contribution in [1.29, 1.82) is 0 Å². The fourth-order valence-corrected chi connectivity index (χ4v) is 2.75. The molecule has 1 amide bonds. The van der Waals surface area contributed by atoms with Crippen LogP contribution in [0.25, 0.3) is 0 Å². The predicted molar refractivity (Wildman–Crippen MR) is 79.4 cm³/mol. The van der Waals surface area contributed by atoms with Crippen molar-refractivity contribution in [1.82, 2.24) is 9.80 Å². The lowest BCUT2D eigenvalue weighted by molar-refractivity contribution is -0.136. The van der Waals surface area contributed by atoms with Crippen LogP contribution in [-0.2, 0) is 11.2 Å². The third kappa shape index (κ3) is 4.51. The van der Waals surface area contributed by atoms with Gasteiger partial charge in [0.05, 0.1) is 6.61 Å². The fraction of sp³-hybridized carbons (Fsp3) is 0.562. The van der Waals surface area contributed by atoms with E-state index < -0.39 is 0 Å². The summed E-state index contributed by atoms with van der Waals surface area (Å²) in [7, 11) is 0. The molecule has 21 heavy (non-hydrogen) atoms. The Balaban J connectivity index is 1.85. The smallest absolute Gasteiger partial charge is 0.225 e. The second-order valence-electron chi connectivity index (χ2n) is 5.63. The van der Waals surface area contributed by atoms with Crippen LogP contribution >= 0.6 is 0 Å². The maximum Gasteiger partial charge on any atom is 0.225 e. The summed E-state index contributed by atoms with van der Waals surface area (Å²) in [5.74, 6) is -0.274. The number of nitrogens with zero attached hydrogens (tertiary/aromatic N) is 2. The number of aliphatic hydroxyl groups excluding tert-OH is 1. The Kier molecular flexibility index (Phi) is 5.70. The third-order valence-corrected chi connectivity index (χ3v) is 3.95. The fourth-order valence-electron chi connectivity index (χ4n) is 2.75. The molecule has 5 heteroatoms. The van der Waals surface area contributed by atoms with Gasteiger partial charge in [-0.05, 0) is 24.1 Å². The molecule has 1 N–H and O–H groups in total. The van der Waals surface area contributed by atoms with Gasteiger partial charge in [-0.3, -0.25) is 9.69 Å². The normalized spacial score (nSPS) is 17.8. The number of aliphatic hydroxyl groups is 1. The Labute approximate surface area is 125 Å². The van der Waals surface area contributed by atoms with Crippen molar-refractivity contribution in [3.05, 3.63) is 35.6 Å². The Hall–Kier alpha value is -1.46. The molecular formula is C16H23FN2O2. The second kappa shape index (κ2) is 7.52. The minimum Gasteiger partial charge on any atom is -0.395 e. The van der Waals surface area contributed by atoms with E-state index in [-0.39, 0.29) is 24.2 Å². The van der Waals surface area contributed by atoms with Gasteiger partial charge < -0.3 is 10.0 Å². The number of piperazine rings is 1. The number of carbonyl (C=O) groups excluding carboxylic acids is 1. The second-order valence-corrected chi connectivity index (χ2v) is 5.63. The van der Waals surface area contributed by atoms with E-state index in [9.17, 15) is 9.18 Å². The molecule has 1 aromatic rings. The van der Waals surface area contributed by atoms with Crippen LogP contribution in [0, 0.1) is 11.7 Å². The van der Waals surface area contributed by atoms with Crippen LogP contribution in [0.4, 0.5) is 4.39 Å². The molecule has 0 aromatic heterocycles. The van der Waals surface area contributed by atoms with E-state index in [4.69, 9.17) is 5.11 Å². The van der Waals surface area contributed by atoms with Gasteiger partial charge in [0.2, 0.25) is 5.91 Å². The number of benzene rings is 1. The van der Waals surface area contributed by atoms with Crippen molar-refractivity contribution in [2.45, 2.75) is 13.3 Å². The number of amides is 1. The first-order chi connectivity index (χ1) is 10.1. The summed E-state index contributed by atoms with van der Waals surface area (Å²) in [6.07, 6.45) is 0.563. The van der Waals surface area contributed by atoms with E-state index in [0.717, 1.165) is 18.7 Å². The molecule has 1 aliphatic rings. The SMILES string of the molecule is C[C@H](Cc1cccc(F)c1)C(=O)N1CCN(CCO)CC1. The molecule has 2 rings (SSSR count). The first-order valence-electron chi connectivity index (χ1n) is 7.46. The van der Waals surface area contributed by atoms with E-state index >= 15 is 0 Å². The molecule has 0 aliphatic carbocycles. The van der Waals surface area contributed by atoms with Crippen molar-refractivity contribution < 1.29 is 14.3 Å². The number of carbonyl (C=O) groups is 1. The molecule has 0 unspecified atom stereocenters. The first kappa shape index (κ1) is 15.9. The van der Waals surface area contributed by atoms with Gasteiger partial charge in [-0.2, -0.15) is 0 Å². The minimum atomic E-state index is -0.259. The Morgan fingerprint density at radius 1 is 1.33 bits per heavy atom. The molecule has 0 bridgehead atoms. The molecule has 116 valence electrons. The van der Waals surface area contributed by atoms with Crippen LogP contribution in [0.3, 0.4) is 0 Å². The predicted octanol–water partition coefficient (Wildman–Crippen LogP) is 1.14. The van der Waals surface area contributed by atoms with Crippen LogP contribution in [-0.4, -0.2) is 60.1 Å². The average molecular weight is 294 g/mol. The van der Waals surface area contributed by atoms with E-state index in [0.29, 0.717) is 26.1 Å². The summed E-state index contributed by atoms with van der Waals surface area (Å²) < 4.78 is 13.2. The Morgan fingerprint density at radius 3 is 2.67 bits per heavy atom. The average Bonchev–Trinajstić information content (AvgIpc) is 2.47. The van der Waals surface area contributed by atoms with Gasteiger partial charge in [-0.1, -0.05) is 19.1 Å². The maximum atomic E-state index is 13.2. The summed E-state index contributed by atoms with van der Waals surface area (Å²) in [6.45, 7) is 5.73. The number of hydrogen-bond acceptors (Lipinski definition) is 3. The van der Waals surface area contributed by atoms with Gasteiger partial charge in [-0.15, -0.1) is 0 Å². The number of hydrogen-bond donors (Lipinski definition) is 1. The standard InChI is InChI=1S/C16H23FN2O2/c1-13(11-14-3-2-4-15(17)12-14)16(21)19-7-5-18(6-8-19)9-10-20/h2-4,12-13,20H,5-11H2,1H3/t13-/m1/s1. The van der Waals surface area contributed by atoms with Gasteiger partial charge in [0.15, 0.2) is 0 Å². The Bertz CT molecular complexity index is 473. The van der Waals surface area contributed by atoms with Crippen molar-refractivity contribution >= 4 is 5.91 Å². The summed E-state index contributed by atoms with van der Waals surface area (Å²) in [5.41, 5.74) is 0.856. The highest BCUT2D eigenvalue weighted by molar-refractivity contribution is 5.78. The monoisotopic (exact) mass is 294 g/mol. The van der Waals surface area contributed by atoms with Crippen LogP contribution < -0.4 is 0 Å². The highest BCUT2D eigenvalue weighted by Gasteiger charge is 2.24. The molecule has 1 atom stereocenters. The zero-order valence-electron chi connectivity index (χ0n) is 12.5. The topological polar surface area (TPSA) is 43.8 Å². The van der Waals surface area contributed by atoms with Gasteiger partial charge in [-0.25, -0.2) is 4.39 Å². The number of halogens is 1. The zero-order chi connectivity index (χ0) is 15.2. The molecule has 1 saturated heterocycles. The molecule has 0 radical (unpaired) electrons. The van der Waals surface area contributed by atoms with Gasteiger partial charge in [0.25, 0.3) is 0 Å². The zero-order valence-corrected chi connectivity index (χ0v) is 12.5. The highest BCUT2D eigenvalue weighted by Crippen LogP contribution is 2.14. The van der Waals surface area contributed by atoms with Gasteiger partial charge in [0.1, 0.15) is 5.82 Å². The molecule has 0 spiro atoms. The lowest BCUT2D eigenvalue weighted by Gasteiger charge is -2.35. The summed E-state index contributed by atoms with van der Waals surface area (Å²) >= 11 is 0. The van der Waals surface area contributed by atoms with E-state index in [2.05, 4.69) is 4.90 Å².